The Bertz CT molecular complexity index is 2730. The third-order valence-electron chi connectivity index (χ3n) is 15.9. The smallest absolute Gasteiger partial charge is 0.462 e. The van der Waals surface area contributed by atoms with E-state index in [1.165, 1.54) is 38.5 Å². The number of aliphatic hydroxyl groups is 1. The molecule has 0 fully saturated rings. The zero-order valence-electron chi connectivity index (χ0n) is 65.5. The van der Waals surface area contributed by atoms with E-state index in [0.717, 1.165) is 154 Å². The zero-order valence-corrected chi connectivity index (χ0v) is 67.3. The molecule has 0 aromatic heterocycles. The highest BCUT2D eigenvalue weighted by molar-refractivity contribution is 7.47. The minimum absolute atomic E-state index is 0.00601. The fourth-order valence-corrected chi connectivity index (χ4v) is 11.5. The van der Waals surface area contributed by atoms with Gasteiger partial charge in [-0.2, -0.15) is 0 Å². The van der Waals surface area contributed by atoms with Crippen molar-refractivity contribution >= 4 is 39.5 Å². The summed E-state index contributed by atoms with van der Waals surface area (Å²) in [6, 6.07) is 0. The van der Waals surface area contributed by atoms with Gasteiger partial charge < -0.3 is 33.8 Å². The van der Waals surface area contributed by atoms with E-state index in [2.05, 4.69) is 180 Å². The summed E-state index contributed by atoms with van der Waals surface area (Å²) in [6.45, 7) is 4.34. The molecule has 0 radical (unpaired) electrons. The van der Waals surface area contributed by atoms with E-state index in [1.54, 1.807) is 0 Å². The zero-order chi connectivity index (χ0) is 77.4. The first-order valence-electron chi connectivity index (χ1n) is 40.0. The molecule has 19 heteroatoms. The molecule has 5 unspecified atom stereocenters. The lowest BCUT2D eigenvalue weighted by Gasteiger charge is -2.21. The van der Waals surface area contributed by atoms with Gasteiger partial charge in [-0.25, -0.2) is 9.13 Å². The average Bonchev–Trinajstić information content (AvgIpc) is 0.919. The molecular formula is C87H140O17P2. The van der Waals surface area contributed by atoms with Crippen LogP contribution >= 0.6 is 15.6 Å². The summed E-state index contributed by atoms with van der Waals surface area (Å²) in [7, 11) is -10.0. The number of rotatable bonds is 73. The van der Waals surface area contributed by atoms with Crippen molar-refractivity contribution in [2.75, 3.05) is 39.6 Å². The predicted octanol–water partition coefficient (Wildman–Crippen LogP) is 23.6. The van der Waals surface area contributed by atoms with Crippen LogP contribution in [0.15, 0.2) is 182 Å². The monoisotopic (exact) mass is 1520 g/mol. The van der Waals surface area contributed by atoms with Gasteiger partial charge in [0, 0.05) is 25.7 Å². The third kappa shape index (κ3) is 76.4. The van der Waals surface area contributed by atoms with E-state index in [0.29, 0.717) is 38.5 Å². The second-order valence-corrected chi connectivity index (χ2v) is 28.8. The van der Waals surface area contributed by atoms with Crippen molar-refractivity contribution in [3.05, 3.63) is 182 Å². The Hall–Kier alpha value is -5.84. The third-order valence-corrected chi connectivity index (χ3v) is 17.8. The topological polar surface area (TPSA) is 237 Å². The maximum Gasteiger partial charge on any atom is 0.472 e. The molecule has 0 rings (SSSR count). The molecule has 3 N–H and O–H groups in total. The molecule has 0 heterocycles. The number of carbonyl (C=O) groups is 4. The number of aliphatic hydroxyl groups excluding tert-OH is 1. The summed E-state index contributed by atoms with van der Waals surface area (Å²) in [4.78, 5) is 73.0. The number of unbranched alkanes of at least 4 members (excludes halogenated alkanes) is 17. The highest BCUT2D eigenvalue weighted by Gasteiger charge is 2.30. The summed E-state index contributed by atoms with van der Waals surface area (Å²) in [5.41, 5.74) is 0. The van der Waals surface area contributed by atoms with Crippen LogP contribution in [0.4, 0.5) is 0 Å². The van der Waals surface area contributed by atoms with Crippen LogP contribution in [0, 0.1) is 0 Å². The number of ether oxygens (including phenoxy) is 4. The summed E-state index contributed by atoms with van der Waals surface area (Å²) in [5.74, 6) is -2.37. The molecule has 0 spiro atoms. The van der Waals surface area contributed by atoms with Crippen molar-refractivity contribution in [3.63, 3.8) is 0 Å². The molecule has 0 aliphatic carbocycles. The summed E-state index contributed by atoms with van der Waals surface area (Å²) in [5, 5.41) is 10.6. The second-order valence-electron chi connectivity index (χ2n) is 25.9. The number of hydrogen-bond acceptors (Lipinski definition) is 15. The number of phosphoric ester groups is 2. The van der Waals surface area contributed by atoms with Crippen LogP contribution in [0.5, 0.6) is 0 Å². The Morgan fingerprint density at radius 3 is 0.849 bits per heavy atom. The lowest BCUT2D eigenvalue weighted by molar-refractivity contribution is -0.161. The highest BCUT2D eigenvalue weighted by Crippen LogP contribution is 2.45. The van der Waals surface area contributed by atoms with Crippen LogP contribution in [0.3, 0.4) is 0 Å². The van der Waals surface area contributed by atoms with Gasteiger partial charge >= 0.3 is 39.5 Å². The first kappa shape index (κ1) is 100. The maximum absolute atomic E-state index is 13.1. The molecule has 0 aromatic rings. The first-order chi connectivity index (χ1) is 51.7. The van der Waals surface area contributed by atoms with Crippen LogP contribution in [0.25, 0.3) is 0 Å². The lowest BCUT2D eigenvalue weighted by atomic mass is 10.1. The van der Waals surface area contributed by atoms with Gasteiger partial charge in [0.2, 0.25) is 0 Å². The Morgan fingerprint density at radius 2 is 0.519 bits per heavy atom. The number of carbonyl (C=O) groups excluding carboxylic acids is 4. The first-order valence-corrected chi connectivity index (χ1v) is 43.0. The van der Waals surface area contributed by atoms with Gasteiger partial charge in [-0.05, 0) is 141 Å². The van der Waals surface area contributed by atoms with Crippen molar-refractivity contribution < 1.29 is 80.2 Å². The number of phosphoric acid groups is 2. The molecule has 0 aromatic carbocycles. The van der Waals surface area contributed by atoms with E-state index in [-0.39, 0.29) is 25.7 Å². The molecule has 5 atom stereocenters. The van der Waals surface area contributed by atoms with E-state index in [1.807, 2.05) is 30.4 Å². The van der Waals surface area contributed by atoms with Gasteiger partial charge in [0.25, 0.3) is 0 Å². The molecule has 0 aliphatic heterocycles. The normalized spacial score (nSPS) is 14.8. The summed E-state index contributed by atoms with van der Waals surface area (Å²) >= 11 is 0. The van der Waals surface area contributed by atoms with E-state index < -0.39 is 97.5 Å². The fraction of sp³-hybridized carbons (Fsp3) is 0.609. The molecule has 0 amide bonds. The van der Waals surface area contributed by atoms with Gasteiger partial charge in [0.05, 0.1) is 26.4 Å². The standard InChI is InChI=1S/C87H140O17P2/c1-5-9-13-17-21-25-29-32-35-38-40-43-45-48-52-55-59-63-67-71-84(89)97-77-82(103-86(91)73-69-65-61-57-51-28-24-20-16-12-8-4)79-101-105(93,94)99-75-81(88)76-100-106(95,96)102-80-83(104-87(92)74-70-66-62-58-54-50-47-42-37-34-31-27-23-19-15-11-7-3)78-98-85(90)72-68-64-60-56-53-49-46-44-41-39-36-33-30-26-22-18-14-10-6-2/h9-11,13-15,21-23,25-27,32-37,40-41,43-44,47,49-50,53,58,60,62,64,81-83,88H,5-8,12,16-20,24,28-31,38-39,42,45-46,48,51-52,54-57,59,61,63,65-80H2,1-4H3,(H,93,94)(H,95,96)/b13-9-,14-10-,15-11-,25-21-,26-22-,27-23-,35-32-,36-33-,37-34-,43-40-,44-41-,50-47-,53-49-,62-58-,64-60-. The maximum atomic E-state index is 13.1. The van der Waals surface area contributed by atoms with Crippen molar-refractivity contribution in [1.82, 2.24) is 0 Å². The van der Waals surface area contributed by atoms with Crippen LogP contribution in [-0.2, 0) is 65.4 Å². The average molecular weight is 1520 g/mol. The minimum atomic E-state index is -5.02. The number of hydrogen-bond donors (Lipinski definition) is 3. The molecule has 106 heavy (non-hydrogen) atoms. The molecule has 0 saturated heterocycles. The minimum Gasteiger partial charge on any atom is -0.462 e. The lowest BCUT2D eigenvalue weighted by Crippen LogP contribution is -2.30. The predicted molar refractivity (Wildman–Crippen MR) is 436 cm³/mol. The Kier molecular flexibility index (Phi) is 73.1. The van der Waals surface area contributed by atoms with Gasteiger partial charge in [-0.1, -0.05) is 300 Å². The SMILES string of the molecule is CC/C=C\C/C=C\C/C=C\C/C=C\C/C=C\C/C=C\CCC(=O)OCC(COP(=O)(O)OCC(O)COP(=O)(O)OCC(COC(=O)CCCCCCCC/C=C\C/C=C\C/C=C\C/C=C\CC)OC(=O)CCCCCCCCCCCCC)OC(=O)CCC/C=C\C/C=C\C/C=C\C/C=C\C/C=C\CC. The van der Waals surface area contributed by atoms with Crippen LogP contribution in [-0.4, -0.2) is 96.7 Å². The van der Waals surface area contributed by atoms with Crippen LogP contribution in [0.1, 0.15) is 285 Å². The summed E-state index contributed by atoms with van der Waals surface area (Å²) < 4.78 is 68.4. The number of esters is 4. The Morgan fingerprint density at radius 1 is 0.274 bits per heavy atom. The molecule has 600 valence electrons. The molecule has 17 nitrogen and oxygen atoms in total. The van der Waals surface area contributed by atoms with Gasteiger partial charge in [-0.15, -0.1) is 0 Å². The number of allylic oxidation sites excluding steroid dienone is 30. The molecular weight excluding hydrogens is 1380 g/mol. The summed E-state index contributed by atoms with van der Waals surface area (Å²) in [6.07, 6.45) is 93.3. The molecule has 0 bridgehead atoms. The van der Waals surface area contributed by atoms with Gasteiger partial charge in [-0.3, -0.25) is 37.3 Å². The van der Waals surface area contributed by atoms with Crippen molar-refractivity contribution in [2.24, 2.45) is 0 Å². The van der Waals surface area contributed by atoms with Crippen LogP contribution < -0.4 is 0 Å². The van der Waals surface area contributed by atoms with Crippen molar-refractivity contribution in [2.45, 2.75) is 303 Å². The van der Waals surface area contributed by atoms with Gasteiger partial charge in [0.1, 0.15) is 19.3 Å². The van der Waals surface area contributed by atoms with Gasteiger partial charge in [0.15, 0.2) is 12.2 Å². The van der Waals surface area contributed by atoms with Crippen molar-refractivity contribution in [3.8, 4) is 0 Å². The van der Waals surface area contributed by atoms with E-state index >= 15 is 0 Å². The largest absolute Gasteiger partial charge is 0.472 e. The molecule has 0 aliphatic rings. The van der Waals surface area contributed by atoms with Crippen molar-refractivity contribution in [1.29, 1.82) is 0 Å². The van der Waals surface area contributed by atoms with E-state index in [9.17, 15) is 43.2 Å². The fourth-order valence-electron chi connectivity index (χ4n) is 9.92. The van der Waals surface area contributed by atoms with E-state index in [4.69, 9.17) is 37.0 Å². The Labute approximate surface area is 641 Å². The Balaban J connectivity index is 5.47. The molecule has 0 saturated carbocycles. The highest BCUT2D eigenvalue weighted by atomic mass is 31.2. The second kappa shape index (κ2) is 77.3. The van der Waals surface area contributed by atoms with Crippen LogP contribution in [0.2, 0.25) is 0 Å². The quantitative estimate of drug-likeness (QED) is 0.0169.